The second-order valence-electron chi connectivity index (χ2n) is 3.12. The first-order valence-corrected chi connectivity index (χ1v) is 6.47. The second-order valence-corrected chi connectivity index (χ2v) is 3.12. The number of rotatable bonds is 2. The first kappa shape index (κ1) is 18.8. The van der Waals surface area contributed by atoms with Crippen LogP contribution in [0.4, 0.5) is 0 Å². The van der Waals surface area contributed by atoms with E-state index in [1.54, 1.807) is 25.1 Å². The number of ether oxygens (including phenoxy) is 1. The van der Waals surface area contributed by atoms with Crippen molar-refractivity contribution in [2.45, 2.75) is 34.6 Å². The lowest BCUT2D eigenvalue weighted by molar-refractivity contribution is -0.123. The third kappa shape index (κ3) is 4.40. The summed E-state index contributed by atoms with van der Waals surface area (Å²) in [5.41, 5.74) is 1.63. The zero-order valence-corrected chi connectivity index (χ0v) is 12.8. The van der Waals surface area contributed by atoms with Crippen molar-refractivity contribution in [2.75, 3.05) is 20.7 Å². The zero-order chi connectivity index (χ0) is 14.7. The molecule has 0 bridgehead atoms. The SMILES string of the molecule is C=C/C(OC)=C1/C(=O)N(C)C/C1=C/C.CC.CC. The largest absolute Gasteiger partial charge is 0.496 e. The van der Waals surface area contributed by atoms with Gasteiger partial charge in [0.1, 0.15) is 5.76 Å². The minimum atomic E-state index is -0.00477. The van der Waals surface area contributed by atoms with E-state index in [2.05, 4.69) is 6.58 Å². The molecule has 1 saturated heterocycles. The average Bonchev–Trinajstić information content (AvgIpc) is 2.73. The van der Waals surface area contributed by atoms with Crippen molar-refractivity contribution in [3.8, 4) is 0 Å². The minimum Gasteiger partial charge on any atom is -0.496 e. The molecule has 1 aliphatic heterocycles. The van der Waals surface area contributed by atoms with Gasteiger partial charge in [0, 0.05) is 13.6 Å². The van der Waals surface area contributed by atoms with E-state index in [-0.39, 0.29) is 5.91 Å². The Morgan fingerprint density at radius 2 is 1.83 bits per heavy atom. The van der Waals surface area contributed by atoms with Gasteiger partial charge >= 0.3 is 0 Å². The molecule has 1 rings (SSSR count). The highest BCUT2D eigenvalue weighted by atomic mass is 16.5. The van der Waals surface area contributed by atoms with Crippen LogP contribution in [0.3, 0.4) is 0 Å². The van der Waals surface area contributed by atoms with E-state index in [1.165, 1.54) is 0 Å². The van der Waals surface area contributed by atoms with E-state index in [0.29, 0.717) is 17.9 Å². The molecule has 0 N–H and O–H groups in total. The van der Waals surface area contributed by atoms with Gasteiger partial charge in [-0.3, -0.25) is 4.79 Å². The predicted molar refractivity (Wildman–Crippen MR) is 78.3 cm³/mol. The lowest BCUT2D eigenvalue weighted by Crippen LogP contribution is -2.19. The van der Waals surface area contributed by atoms with Crippen molar-refractivity contribution < 1.29 is 9.53 Å². The molecule has 0 aliphatic carbocycles. The lowest BCUT2D eigenvalue weighted by atomic mass is 10.1. The Labute approximate surface area is 112 Å². The smallest absolute Gasteiger partial charge is 0.257 e. The van der Waals surface area contributed by atoms with Gasteiger partial charge in [-0.15, -0.1) is 0 Å². The summed E-state index contributed by atoms with van der Waals surface area (Å²) < 4.78 is 5.11. The molecule has 18 heavy (non-hydrogen) atoms. The number of nitrogens with zero attached hydrogens (tertiary/aromatic N) is 1. The van der Waals surface area contributed by atoms with Crippen LogP contribution in [0, 0.1) is 0 Å². The number of carbonyl (C=O) groups is 1. The molecule has 0 spiro atoms. The Kier molecular flexibility index (Phi) is 11.1. The van der Waals surface area contributed by atoms with Gasteiger partial charge in [0.2, 0.25) is 0 Å². The van der Waals surface area contributed by atoms with Crippen molar-refractivity contribution in [1.82, 2.24) is 4.90 Å². The average molecular weight is 253 g/mol. The summed E-state index contributed by atoms with van der Waals surface area (Å²) in [5.74, 6) is 0.544. The van der Waals surface area contributed by atoms with Crippen LogP contribution in [0.15, 0.2) is 35.6 Å². The van der Waals surface area contributed by atoms with E-state index in [9.17, 15) is 4.79 Å². The quantitative estimate of drug-likeness (QED) is 0.556. The number of hydrogen-bond acceptors (Lipinski definition) is 2. The summed E-state index contributed by atoms with van der Waals surface area (Å²) in [6, 6.07) is 0. The molecule has 0 aromatic carbocycles. The van der Waals surface area contributed by atoms with Gasteiger partial charge in [0.15, 0.2) is 0 Å². The van der Waals surface area contributed by atoms with Crippen LogP contribution in [-0.2, 0) is 9.53 Å². The third-order valence-electron chi connectivity index (χ3n) is 2.29. The third-order valence-corrected chi connectivity index (χ3v) is 2.29. The van der Waals surface area contributed by atoms with Gasteiger partial charge in [-0.2, -0.15) is 0 Å². The second kappa shape index (κ2) is 10.6. The van der Waals surface area contributed by atoms with Gasteiger partial charge in [0.05, 0.1) is 12.7 Å². The molecule has 0 radical (unpaired) electrons. The highest BCUT2D eigenvalue weighted by Crippen LogP contribution is 2.25. The van der Waals surface area contributed by atoms with Crippen molar-refractivity contribution in [2.24, 2.45) is 0 Å². The van der Waals surface area contributed by atoms with E-state index in [1.807, 2.05) is 40.7 Å². The topological polar surface area (TPSA) is 29.5 Å². The molecule has 0 unspecified atom stereocenters. The molecular formula is C15H27NO2. The number of likely N-dealkylation sites (tertiary alicyclic amines) is 1. The maximum atomic E-state index is 11.7. The number of carbonyl (C=O) groups excluding carboxylic acids is 1. The Balaban J connectivity index is 0. The van der Waals surface area contributed by atoms with Gasteiger partial charge in [-0.05, 0) is 18.6 Å². The summed E-state index contributed by atoms with van der Waals surface area (Å²) in [4.78, 5) is 13.4. The minimum absolute atomic E-state index is 0.00477. The normalized spacial score (nSPS) is 18.5. The van der Waals surface area contributed by atoms with Crippen molar-refractivity contribution in [3.05, 3.63) is 35.6 Å². The summed E-state index contributed by atoms with van der Waals surface area (Å²) in [5, 5.41) is 0. The van der Waals surface area contributed by atoms with Gasteiger partial charge < -0.3 is 9.64 Å². The summed E-state index contributed by atoms with van der Waals surface area (Å²) in [6.07, 6.45) is 3.50. The van der Waals surface area contributed by atoms with Crippen LogP contribution in [0.2, 0.25) is 0 Å². The fourth-order valence-corrected chi connectivity index (χ4v) is 1.52. The molecule has 1 heterocycles. The Morgan fingerprint density at radius 1 is 1.33 bits per heavy atom. The molecule has 1 amide bonds. The molecule has 0 aromatic heterocycles. The molecule has 0 aromatic rings. The fraction of sp³-hybridized carbons (Fsp3) is 0.533. The number of amides is 1. The van der Waals surface area contributed by atoms with Crippen LogP contribution >= 0.6 is 0 Å². The predicted octanol–water partition coefficient (Wildman–Crippen LogP) is 3.54. The molecule has 1 aliphatic rings. The monoisotopic (exact) mass is 253 g/mol. The van der Waals surface area contributed by atoms with Crippen molar-refractivity contribution in [1.29, 1.82) is 0 Å². The van der Waals surface area contributed by atoms with Crippen LogP contribution < -0.4 is 0 Å². The Bertz CT molecular complexity index is 327. The molecule has 104 valence electrons. The fourth-order valence-electron chi connectivity index (χ4n) is 1.52. The first-order valence-electron chi connectivity index (χ1n) is 6.47. The van der Waals surface area contributed by atoms with Crippen LogP contribution in [-0.4, -0.2) is 31.5 Å². The van der Waals surface area contributed by atoms with E-state index < -0.39 is 0 Å². The number of likely N-dealkylation sites (N-methyl/N-ethyl adjacent to an activating group) is 1. The molecule has 0 saturated carbocycles. The Morgan fingerprint density at radius 3 is 2.17 bits per heavy atom. The maximum absolute atomic E-state index is 11.7. The molecule has 3 heteroatoms. The van der Waals surface area contributed by atoms with Crippen LogP contribution in [0.1, 0.15) is 34.6 Å². The van der Waals surface area contributed by atoms with E-state index in [0.717, 1.165) is 5.57 Å². The Hall–Kier alpha value is -1.51. The van der Waals surface area contributed by atoms with Gasteiger partial charge in [-0.1, -0.05) is 40.3 Å². The number of hydrogen-bond donors (Lipinski definition) is 0. The van der Waals surface area contributed by atoms with Crippen molar-refractivity contribution in [3.63, 3.8) is 0 Å². The number of methoxy groups -OCH3 is 1. The highest BCUT2D eigenvalue weighted by Gasteiger charge is 2.29. The molecule has 0 atom stereocenters. The molecular weight excluding hydrogens is 226 g/mol. The van der Waals surface area contributed by atoms with E-state index in [4.69, 9.17) is 4.74 Å². The maximum Gasteiger partial charge on any atom is 0.257 e. The summed E-state index contributed by atoms with van der Waals surface area (Å²) >= 11 is 0. The van der Waals surface area contributed by atoms with Gasteiger partial charge in [0.25, 0.3) is 5.91 Å². The molecule has 3 nitrogen and oxygen atoms in total. The lowest BCUT2D eigenvalue weighted by Gasteiger charge is -2.06. The number of allylic oxidation sites excluding steroid dienone is 2. The highest BCUT2D eigenvalue weighted by molar-refractivity contribution is 6.02. The standard InChI is InChI=1S/C11H15NO2.2C2H6/c1-5-8-7-12(3)11(13)10(8)9(6-2)14-4;2*1-2/h5-6H,2,7H2,1,3-4H3;2*1-2H3/b8-5-,10-9-;;. The zero-order valence-electron chi connectivity index (χ0n) is 12.8. The van der Waals surface area contributed by atoms with Gasteiger partial charge in [-0.25, -0.2) is 0 Å². The van der Waals surface area contributed by atoms with Crippen LogP contribution in [0.25, 0.3) is 0 Å². The van der Waals surface area contributed by atoms with Crippen molar-refractivity contribution >= 4 is 5.91 Å². The summed E-state index contributed by atoms with van der Waals surface area (Å²) in [6.45, 7) is 14.2. The molecule has 1 fully saturated rings. The first-order chi connectivity index (χ1) is 8.65. The van der Waals surface area contributed by atoms with Crippen LogP contribution in [0.5, 0.6) is 0 Å². The summed E-state index contributed by atoms with van der Waals surface area (Å²) in [7, 11) is 3.32. The van der Waals surface area contributed by atoms with E-state index >= 15 is 0 Å².